The van der Waals surface area contributed by atoms with Crippen LogP contribution in [-0.4, -0.2) is 32.3 Å². The topological polar surface area (TPSA) is 90.4 Å². The lowest BCUT2D eigenvalue weighted by atomic mass is 10.3. The zero-order valence-electron chi connectivity index (χ0n) is 11.9. The Morgan fingerprint density at radius 2 is 2.24 bits per heavy atom. The van der Waals surface area contributed by atoms with Crippen LogP contribution in [0, 0.1) is 24.0 Å². The van der Waals surface area contributed by atoms with Crippen molar-refractivity contribution in [3.05, 3.63) is 52.1 Å². The third kappa shape index (κ3) is 3.79. The van der Waals surface area contributed by atoms with E-state index in [9.17, 15) is 15.2 Å². The van der Waals surface area contributed by atoms with Crippen molar-refractivity contribution in [2.45, 2.75) is 26.5 Å². The summed E-state index contributed by atoms with van der Waals surface area (Å²) in [5.74, 6) is 0.363. The van der Waals surface area contributed by atoms with Crippen LogP contribution in [0.25, 0.3) is 0 Å². The number of nitro groups is 1. The monoisotopic (exact) mass is 291 g/mol. The summed E-state index contributed by atoms with van der Waals surface area (Å²) in [6.07, 6.45) is 0.942. The molecule has 0 aliphatic rings. The van der Waals surface area contributed by atoms with Crippen LogP contribution >= 0.6 is 0 Å². The van der Waals surface area contributed by atoms with Crippen molar-refractivity contribution in [2.75, 3.05) is 6.61 Å². The van der Waals surface area contributed by atoms with E-state index in [1.54, 1.807) is 18.5 Å². The largest absolute Gasteiger partial charge is 0.491 e. The lowest BCUT2D eigenvalue weighted by molar-refractivity contribution is -0.384. The van der Waals surface area contributed by atoms with Crippen molar-refractivity contribution in [3.8, 4) is 5.75 Å². The van der Waals surface area contributed by atoms with Crippen LogP contribution in [0.5, 0.6) is 5.75 Å². The van der Waals surface area contributed by atoms with E-state index >= 15 is 0 Å². The van der Waals surface area contributed by atoms with E-state index in [0.717, 1.165) is 11.4 Å². The van der Waals surface area contributed by atoms with E-state index in [1.807, 2.05) is 18.4 Å². The molecule has 0 fully saturated rings. The maximum Gasteiger partial charge on any atom is 0.273 e. The third-order valence-corrected chi connectivity index (χ3v) is 3.22. The molecule has 2 rings (SSSR count). The number of aromatic nitrogens is 2. The highest BCUT2D eigenvalue weighted by Gasteiger charge is 2.11. The van der Waals surface area contributed by atoms with Gasteiger partial charge in [0.05, 0.1) is 29.6 Å². The molecule has 7 heteroatoms. The molecule has 0 saturated carbocycles. The summed E-state index contributed by atoms with van der Waals surface area (Å²) in [7, 11) is 0. The lowest BCUT2D eigenvalue weighted by Gasteiger charge is -2.14. The minimum absolute atomic E-state index is 0.0388. The van der Waals surface area contributed by atoms with Gasteiger partial charge in [-0.3, -0.25) is 10.1 Å². The molecule has 7 nitrogen and oxygen atoms in total. The average molecular weight is 291 g/mol. The van der Waals surface area contributed by atoms with Crippen LogP contribution in [0.4, 0.5) is 5.69 Å². The Morgan fingerprint density at radius 3 is 2.86 bits per heavy atom. The Labute approximate surface area is 122 Å². The molecule has 1 heterocycles. The summed E-state index contributed by atoms with van der Waals surface area (Å²) in [4.78, 5) is 14.3. The number of nitrogens with zero attached hydrogens (tertiary/aromatic N) is 3. The van der Waals surface area contributed by atoms with Gasteiger partial charge in [0, 0.05) is 11.8 Å². The third-order valence-electron chi connectivity index (χ3n) is 3.22. The number of hydrogen-bond donors (Lipinski definition) is 1. The number of non-ortho nitro benzene ring substituents is 1. The fraction of sp³-hybridized carbons (Fsp3) is 0.357. The number of rotatable bonds is 6. The van der Waals surface area contributed by atoms with Gasteiger partial charge in [-0.1, -0.05) is 6.07 Å². The van der Waals surface area contributed by atoms with Crippen LogP contribution in [-0.2, 0) is 6.54 Å². The first-order valence-electron chi connectivity index (χ1n) is 6.51. The molecule has 0 radical (unpaired) electrons. The minimum Gasteiger partial charge on any atom is -0.491 e. The van der Waals surface area contributed by atoms with Gasteiger partial charge in [-0.2, -0.15) is 0 Å². The molecular formula is C14H17N3O4. The van der Waals surface area contributed by atoms with Gasteiger partial charge in [0.2, 0.25) is 0 Å². The number of nitro benzene ring substituents is 1. The SMILES string of the molecule is Cc1ncn(CC(O)COc2cccc([N+](=O)[O-])c2)c1C. The summed E-state index contributed by atoms with van der Waals surface area (Å²) >= 11 is 0. The average Bonchev–Trinajstić information content (AvgIpc) is 2.77. The van der Waals surface area contributed by atoms with E-state index in [-0.39, 0.29) is 12.3 Å². The molecule has 1 unspecified atom stereocenters. The van der Waals surface area contributed by atoms with Gasteiger partial charge in [0.15, 0.2) is 0 Å². The number of hydrogen-bond acceptors (Lipinski definition) is 5. The van der Waals surface area contributed by atoms with Crippen LogP contribution in [0.1, 0.15) is 11.4 Å². The Balaban J connectivity index is 1.92. The lowest BCUT2D eigenvalue weighted by Crippen LogP contribution is -2.23. The van der Waals surface area contributed by atoms with Gasteiger partial charge < -0.3 is 14.4 Å². The first-order valence-corrected chi connectivity index (χ1v) is 6.51. The van der Waals surface area contributed by atoms with Crippen LogP contribution < -0.4 is 4.74 Å². The fourth-order valence-corrected chi connectivity index (χ4v) is 1.89. The van der Waals surface area contributed by atoms with Crippen LogP contribution in [0.3, 0.4) is 0 Å². The van der Waals surface area contributed by atoms with Crippen LogP contribution in [0.15, 0.2) is 30.6 Å². The second-order valence-electron chi connectivity index (χ2n) is 4.79. The molecule has 0 saturated heterocycles. The van der Waals surface area contributed by atoms with Gasteiger partial charge in [0.25, 0.3) is 5.69 Å². The molecule has 2 aromatic rings. The first-order chi connectivity index (χ1) is 9.97. The summed E-state index contributed by atoms with van der Waals surface area (Å²) in [5.41, 5.74) is 1.87. The van der Waals surface area contributed by atoms with E-state index < -0.39 is 11.0 Å². The van der Waals surface area contributed by atoms with Crippen LogP contribution in [0.2, 0.25) is 0 Å². The summed E-state index contributed by atoms with van der Waals surface area (Å²) in [6, 6.07) is 5.88. The molecular weight excluding hydrogens is 274 g/mol. The molecule has 112 valence electrons. The number of ether oxygens (including phenoxy) is 1. The molecule has 1 atom stereocenters. The Hall–Kier alpha value is -2.41. The molecule has 1 aromatic carbocycles. The standard InChI is InChI=1S/C14H17N3O4/c1-10-11(2)16(9-15-10)7-13(18)8-21-14-5-3-4-12(6-14)17(19)20/h3-6,9,13,18H,7-8H2,1-2H3. The smallest absolute Gasteiger partial charge is 0.273 e. The molecule has 0 bridgehead atoms. The van der Waals surface area contributed by atoms with Crippen molar-refractivity contribution < 1.29 is 14.8 Å². The first kappa shape index (κ1) is 15.0. The van der Waals surface area contributed by atoms with Gasteiger partial charge in [-0.15, -0.1) is 0 Å². The predicted molar refractivity (Wildman–Crippen MR) is 76.3 cm³/mol. The van der Waals surface area contributed by atoms with E-state index in [1.165, 1.54) is 12.1 Å². The second kappa shape index (κ2) is 6.36. The van der Waals surface area contributed by atoms with E-state index in [0.29, 0.717) is 12.3 Å². The predicted octanol–water partition coefficient (Wildman–Crippen LogP) is 1.85. The van der Waals surface area contributed by atoms with Gasteiger partial charge in [0.1, 0.15) is 18.5 Å². The summed E-state index contributed by atoms with van der Waals surface area (Å²) in [6.45, 7) is 4.24. The van der Waals surface area contributed by atoms with Crippen molar-refractivity contribution >= 4 is 5.69 Å². The van der Waals surface area contributed by atoms with Gasteiger partial charge >= 0.3 is 0 Å². The zero-order chi connectivity index (χ0) is 15.4. The maximum absolute atomic E-state index is 10.7. The zero-order valence-corrected chi connectivity index (χ0v) is 11.9. The molecule has 0 amide bonds. The molecule has 1 N–H and O–H groups in total. The molecule has 0 aliphatic carbocycles. The molecule has 0 spiro atoms. The second-order valence-corrected chi connectivity index (χ2v) is 4.79. The van der Waals surface area contributed by atoms with Crippen molar-refractivity contribution in [1.29, 1.82) is 0 Å². The quantitative estimate of drug-likeness (QED) is 0.648. The van der Waals surface area contributed by atoms with Gasteiger partial charge in [-0.25, -0.2) is 4.98 Å². The van der Waals surface area contributed by atoms with Crippen molar-refractivity contribution in [2.24, 2.45) is 0 Å². The Kier molecular flexibility index (Phi) is 4.54. The van der Waals surface area contributed by atoms with Crippen molar-refractivity contribution in [1.82, 2.24) is 9.55 Å². The number of aliphatic hydroxyl groups is 1. The minimum atomic E-state index is -0.725. The normalized spacial score (nSPS) is 12.1. The highest BCUT2D eigenvalue weighted by atomic mass is 16.6. The highest BCUT2D eigenvalue weighted by molar-refractivity contribution is 5.37. The molecule has 21 heavy (non-hydrogen) atoms. The Bertz CT molecular complexity index is 639. The number of imidazole rings is 1. The maximum atomic E-state index is 10.7. The fourth-order valence-electron chi connectivity index (χ4n) is 1.89. The van der Waals surface area contributed by atoms with Crippen molar-refractivity contribution in [3.63, 3.8) is 0 Å². The molecule has 1 aromatic heterocycles. The molecule has 0 aliphatic heterocycles. The summed E-state index contributed by atoms with van der Waals surface area (Å²) < 4.78 is 7.23. The Morgan fingerprint density at radius 1 is 1.48 bits per heavy atom. The summed E-state index contributed by atoms with van der Waals surface area (Å²) in [5, 5.41) is 20.6. The van der Waals surface area contributed by atoms with E-state index in [2.05, 4.69) is 4.98 Å². The number of aliphatic hydroxyl groups excluding tert-OH is 1. The number of aryl methyl sites for hydroxylation is 1. The van der Waals surface area contributed by atoms with E-state index in [4.69, 9.17) is 4.74 Å². The number of benzene rings is 1. The van der Waals surface area contributed by atoms with Gasteiger partial charge in [-0.05, 0) is 19.9 Å². The highest BCUT2D eigenvalue weighted by Crippen LogP contribution is 2.19.